The average Bonchev–Trinajstić information content (AvgIpc) is 3.01. The van der Waals surface area contributed by atoms with Crippen LogP contribution in [0.5, 0.6) is 0 Å². The molecule has 0 aliphatic rings. The second-order valence-corrected chi connectivity index (χ2v) is 7.88. The molecule has 0 amide bonds. The first kappa shape index (κ1) is 19.1. The minimum atomic E-state index is -4.15. The molecule has 0 fully saturated rings. The van der Waals surface area contributed by atoms with E-state index in [0.717, 1.165) is 4.31 Å². The Morgan fingerprint density at radius 3 is 2.74 bits per heavy atom. The van der Waals surface area contributed by atoms with Crippen LogP contribution in [0.25, 0.3) is 5.65 Å². The standard InChI is InChI=1S/C17H17ClN4O4S/c1-3-26-16(23)11-22(14-7-4-6-13(18)10-14)27(24,25)15-8-5-9-21-12(2)19-20-17(15)21/h4-10H,3,11H2,1-2H3. The summed E-state index contributed by atoms with van der Waals surface area (Å²) in [7, 11) is -4.15. The number of pyridine rings is 1. The molecular formula is C17H17ClN4O4S. The summed E-state index contributed by atoms with van der Waals surface area (Å²) in [6.45, 7) is 3.01. The van der Waals surface area contributed by atoms with Gasteiger partial charge in [-0.1, -0.05) is 17.7 Å². The van der Waals surface area contributed by atoms with E-state index in [9.17, 15) is 13.2 Å². The molecule has 0 saturated carbocycles. The van der Waals surface area contributed by atoms with Crippen LogP contribution in [0.3, 0.4) is 0 Å². The van der Waals surface area contributed by atoms with Crippen molar-refractivity contribution in [3.8, 4) is 0 Å². The molecule has 1 aromatic carbocycles. The highest BCUT2D eigenvalue weighted by Gasteiger charge is 2.30. The lowest BCUT2D eigenvalue weighted by molar-refractivity contribution is -0.141. The molecule has 0 N–H and O–H groups in total. The molecule has 8 nitrogen and oxygen atoms in total. The second kappa shape index (κ2) is 7.53. The van der Waals surface area contributed by atoms with E-state index in [2.05, 4.69) is 10.2 Å². The fourth-order valence-corrected chi connectivity index (χ4v) is 4.31. The van der Waals surface area contributed by atoms with Crippen molar-refractivity contribution in [2.24, 2.45) is 0 Å². The molecule has 27 heavy (non-hydrogen) atoms. The van der Waals surface area contributed by atoms with E-state index in [1.807, 2.05) is 0 Å². The van der Waals surface area contributed by atoms with Gasteiger partial charge in [0.1, 0.15) is 17.3 Å². The molecule has 0 aliphatic heterocycles. The van der Waals surface area contributed by atoms with Crippen LogP contribution in [0.2, 0.25) is 5.02 Å². The van der Waals surface area contributed by atoms with Crippen molar-refractivity contribution >= 4 is 38.9 Å². The van der Waals surface area contributed by atoms with Gasteiger partial charge in [-0.15, -0.1) is 10.2 Å². The molecule has 142 valence electrons. The third kappa shape index (κ3) is 3.74. The van der Waals surface area contributed by atoms with E-state index in [1.54, 1.807) is 48.7 Å². The van der Waals surface area contributed by atoms with Gasteiger partial charge in [-0.25, -0.2) is 8.42 Å². The topological polar surface area (TPSA) is 93.9 Å². The number of anilines is 1. The van der Waals surface area contributed by atoms with Crippen LogP contribution in [-0.2, 0) is 19.6 Å². The second-order valence-electron chi connectivity index (χ2n) is 5.61. The van der Waals surface area contributed by atoms with Crippen LogP contribution in [0.4, 0.5) is 5.69 Å². The van der Waals surface area contributed by atoms with E-state index in [-0.39, 0.29) is 22.8 Å². The van der Waals surface area contributed by atoms with Crippen LogP contribution in [0.1, 0.15) is 12.7 Å². The van der Waals surface area contributed by atoms with Gasteiger partial charge in [0.25, 0.3) is 10.0 Å². The Hall–Kier alpha value is -2.65. The highest BCUT2D eigenvalue weighted by Crippen LogP contribution is 2.28. The van der Waals surface area contributed by atoms with Crippen molar-refractivity contribution in [1.29, 1.82) is 0 Å². The number of nitrogens with zero attached hydrogens (tertiary/aromatic N) is 4. The summed E-state index contributed by atoms with van der Waals surface area (Å²) < 4.78 is 34.3. The van der Waals surface area contributed by atoms with Crippen molar-refractivity contribution < 1.29 is 17.9 Å². The van der Waals surface area contributed by atoms with Gasteiger partial charge in [-0.3, -0.25) is 13.5 Å². The zero-order chi connectivity index (χ0) is 19.6. The summed E-state index contributed by atoms with van der Waals surface area (Å²) in [5, 5.41) is 8.22. The Morgan fingerprint density at radius 1 is 1.26 bits per heavy atom. The summed E-state index contributed by atoms with van der Waals surface area (Å²) >= 11 is 6.02. The SMILES string of the molecule is CCOC(=O)CN(c1cccc(Cl)c1)S(=O)(=O)c1cccn2c(C)nnc12. The first-order valence-electron chi connectivity index (χ1n) is 8.09. The number of rotatable bonds is 6. The Bertz CT molecular complexity index is 1100. The number of sulfonamides is 1. The number of benzene rings is 1. The number of halogens is 1. The van der Waals surface area contributed by atoms with Crippen molar-refractivity contribution in [1.82, 2.24) is 14.6 Å². The molecular weight excluding hydrogens is 392 g/mol. The molecule has 3 rings (SSSR count). The summed E-state index contributed by atoms with van der Waals surface area (Å²) in [6.07, 6.45) is 1.67. The number of carbonyl (C=O) groups is 1. The fraction of sp³-hybridized carbons (Fsp3) is 0.235. The fourth-order valence-electron chi connectivity index (χ4n) is 2.60. The summed E-state index contributed by atoms with van der Waals surface area (Å²) in [6, 6.07) is 9.24. The van der Waals surface area contributed by atoms with Gasteiger partial charge in [-0.05, 0) is 44.2 Å². The zero-order valence-corrected chi connectivity index (χ0v) is 16.2. The number of hydrogen-bond donors (Lipinski definition) is 0. The van der Waals surface area contributed by atoms with Crippen LogP contribution in [0, 0.1) is 6.92 Å². The maximum Gasteiger partial charge on any atom is 0.326 e. The molecule has 0 spiro atoms. The monoisotopic (exact) mass is 408 g/mol. The predicted octanol–water partition coefficient (Wildman–Crippen LogP) is 2.45. The number of esters is 1. The summed E-state index contributed by atoms with van der Waals surface area (Å²) in [4.78, 5) is 12.0. The Kier molecular flexibility index (Phi) is 5.33. The highest BCUT2D eigenvalue weighted by molar-refractivity contribution is 7.93. The third-order valence-corrected chi connectivity index (χ3v) is 5.84. The Morgan fingerprint density at radius 2 is 2.04 bits per heavy atom. The molecule has 0 atom stereocenters. The van der Waals surface area contributed by atoms with Gasteiger partial charge >= 0.3 is 5.97 Å². The minimum absolute atomic E-state index is 0.0742. The van der Waals surface area contributed by atoms with Crippen LogP contribution in [-0.4, -0.2) is 42.1 Å². The van der Waals surface area contributed by atoms with Gasteiger partial charge in [0.2, 0.25) is 0 Å². The summed E-state index contributed by atoms with van der Waals surface area (Å²) in [5.41, 5.74) is 0.416. The normalized spacial score (nSPS) is 11.5. The molecule has 0 saturated heterocycles. The number of aryl methyl sites for hydroxylation is 1. The lowest BCUT2D eigenvalue weighted by Crippen LogP contribution is -2.37. The smallest absolute Gasteiger partial charge is 0.326 e. The Labute approximate surface area is 161 Å². The third-order valence-electron chi connectivity index (χ3n) is 3.81. The van der Waals surface area contributed by atoms with E-state index in [0.29, 0.717) is 10.8 Å². The molecule has 0 bridgehead atoms. The van der Waals surface area contributed by atoms with Crippen LogP contribution in [0.15, 0.2) is 47.5 Å². The Balaban J connectivity index is 2.15. The maximum absolute atomic E-state index is 13.4. The molecule has 0 aliphatic carbocycles. The van der Waals surface area contributed by atoms with Gasteiger partial charge in [0, 0.05) is 11.2 Å². The number of hydrogen-bond acceptors (Lipinski definition) is 6. The number of aromatic nitrogens is 3. The maximum atomic E-state index is 13.4. The first-order chi connectivity index (χ1) is 12.8. The van der Waals surface area contributed by atoms with Gasteiger partial charge in [0.15, 0.2) is 5.65 Å². The molecule has 3 aromatic rings. The molecule has 2 aromatic heterocycles. The summed E-state index contributed by atoms with van der Waals surface area (Å²) in [5.74, 6) is -0.132. The first-order valence-corrected chi connectivity index (χ1v) is 9.90. The highest BCUT2D eigenvalue weighted by atomic mass is 35.5. The molecule has 0 unspecified atom stereocenters. The van der Waals surface area contributed by atoms with Crippen LogP contribution < -0.4 is 4.31 Å². The van der Waals surface area contributed by atoms with Crippen LogP contribution >= 0.6 is 11.6 Å². The zero-order valence-electron chi connectivity index (χ0n) is 14.7. The number of ether oxygens (including phenoxy) is 1. The predicted molar refractivity (Wildman–Crippen MR) is 100 cm³/mol. The minimum Gasteiger partial charge on any atom is -0.465 e. The van der Waals surface area contributed by atoms with Crippen molar-refractivity contribution in [3.05, 3.63) is 53.4 Å². The van der Waals surface area contributed by atoms with Crippen molar-refractivity contribution in [2.45, 2.75) is 18.7 Å². The quantitative estimate of drug-likeness (QED) is 0.581. The molecule has 10 heteroatoms. The van der Waals surface area contributed by atoms with E-state index in [4.69, 9.17) is 16.3 Å². The molecule has 2 heterocycles. The van der Waals surface area contributed by atoms with E-state index in [1.165, 1.54) is 12.1 Å². The lowest BCUT2D eigenvalue weighted by Gasteiger charge is -2.23. The van der Waals surface area contributed by atoms with Gasteiger partial charge < -0.3 is 4.74 Å². The molecule has 0 radical (unpaired) electrons. The van der Waals surface area contributed by atoms with E-state index >= 15 is 0 Å². The number of fused-ring (bicyclic) bond motifs is 1. The average molecular weight is 409 g/mol. The number of carbonyl (C=O) groups excluding carboxylic acids is 1. The van der Waals surface area contributed by atoms with E-state index < -0.39 is 22.5 Å². The van der Waals surface area contributed by atoms with Gasteiger partial charge in [0.05, 0.1) is 12.3 Å². The largest absolute Gasteiger partial charge is 0.465 e. The van der Waals surface area contributed by atoms with Crippen molar-refractivity contribution in [3.63, 3.8) is 0 Å². The lowest BCUT2D eigenvalue weighted by atomic mass is 10.3. The van der Waals surface area contributed by atoms with Crippen molar-refractivity contribution in [2.75, 3.05) is 17.5 Å². The van der Waals surface area contributed by atoms with Gasteiger partial charge in [-0.2, -0.15) is 0 Å².